The largest absolute Gasteiger partial charge is 0.507 e. The van der Waals surface area contributed by atoms with Gasteiger partial charge in [-0.15, -0.1) is 0 Å². The van der Waals surface area contributed by atoms with Gasteiger partial charge in [-0.25, -0.2) is 0 Å². The van der Waals surface area contributed by atoms with Gasteiger partial charge in [-0.05, 0) is 29.8 Å². The number of ketones is 1. The van der Waals surface area contributed by atoms with E-state index in [1.807, 2.05) is 43.3 Å². The number of methoxy groups -OCH3 is 1. The van der Waals surface area contributed by atoms with E-state index in [4.69, 9.17) is 4.74 Å². The van der Waals surface area contributed by atoms with Crippen molar-refractivity contribution in [3.63, 3.8) is 0 Å². The van der Waals surface area contributed by atoms with Crippen molar-refractivity contribution in [2.45, 2.75) is 6.54 Å². The maximum absolute atomic E-state index is 12.7. The maximum Gasteiger partial charge on any atom is 0.189 e. The van der Waals surface area contributed by atoms with Gasteiger partial charge in [-0.3, -0.25) is 9.69 Å². The third-order valence-electron chi connectivity index (χ3n) is 5.10. The molecule has 1 saturated heterocycles. The van der Waals surface area contributed by atoms with E-state index in [0.29, 0.717) is 12.3 Å². The molecule has 2 N–H and O–H groups in total. The predicted molar refractivity (Wildman–Crippen MR) is 117 cm³/mol. The molecule has 0 atom stereocenters. The Labute approximate surface area is 172 Å². The molecule has 0 amide bonds. The van der Waals surface area contributed by atoms with Gasteiger partial charge >= 0.3 is 0 Å². The molecule has 2 aromatic rings. The molecule has 0 saturated carbocycles. The van der Waals surface area contributed by atoms with Crippen molar-refractivity contribution in [1.29, 1.82) is 0 Å². The van der Waals surface area contributed by atoms with E-state index in [2.05, 4.69) is 10.2 Å². The number of piperazine rings is 1. The molecule has 1 aliphatic rings. The summed E-state index contributed by atoms with van der Waals surface area (Å²) in [6.07, 6.45) is 3.27. The molecule has 2 aromatic carbocycles. The zero-order valence-electron chi connectivity index (χ0n) is 17.3. The number of benzene rings is 2. The Balaban J connectivity index is 1.79. The Bertz CT molecular complexity index is 870. The molecular weight excluding hydrogens is 366 g/mol. The quantitative estimate of drug-likeness (QED) is 0.555. The fraction of sp³-hybridized carbons (Fsp3) is 0.348. The molecule has 0 unspecified atom stereocenters. The minimum absolute atomic E-state index is 0.0662. The van der Waals surface area contributed by atoms with Crippen LogP contribution in [0.2, 0.25) is 0 Å². The van der Waals surface area contributed by atoms with Crippen LogP contribution < -0.4 is 15.0 Å². The highest BCUT2D eigenvalue weighted by Crippen LogP contribution is 2.30. The van der Waals surface area contributed by atoms with Crippen molar-refractivity contribution >= 4 is 17.5 Å². The first-order chi connectivity index (χ1) is 14.0. The summed E-state index contributed by atoms with van der Waals surface area (Å²) < 4.78 is 5.43. The molecule has 0 aliphatic carbocycles. The third kappa shape index (κ3) is 5.37. The van der Waals surface area contributed by atoms with Crippen molar-refractivity contribution in [3.8, 4) is 11.5 Å². The van der Waals surface area contributed by atoms with Crippen LogP contribution >= 0.6 is 0 Å². The van der Waals surface area contributed by atoms with Gasteiger partial charge in [0.05, 0.1) is 12.7 Å². The minimum Gasteiger partial charge on any atom is -0.507 e. The number of anilines is 1. The number of nitrogens with one attached hydrogen (secondary N) is 1. The fourth-order valence-corrected chi connectivity index (χ4v) is 3.38. The van der Waals surface area contributed by atoms with Crippen LogP contribution in [0.4, 0.5) is 5.69 Å². The zero-order valence-corrected chi connectivity index (χ0v) is 17.3. The lowest BCUT2D eigenvalue weighted by Gasteiger charge is -2.28. The van der Waals surface area contributed by atoms with Crippen LogP contribution in [0.25, 0.3) is 6.08 Å². The van der Waals surface area contributed by atoms with E-state index in [0.717, 1.165) is 43.0 Å². The molecule has 0 aromatic heterocycles. The monoisotopic (exact) mass is 395 g/mol. The molecule has 6 nitrogen and oxygen atoms in total. The molecule has 0 spiro atoms. The summed E-state index contributed by atoms with van der Waals surface area (Å²) in [5, 5.41) is 13.7. The van der Waals surface area contributed by atoms with Crippen LogP contribution in [-0.4, -0.2) is 63.2 Å². The Morgan fingerprint density at radius 3 is 2.52 bits per heavy atom. The molecule has 0 bridgehead atoms. The van der Waals surface area contributed by atoms with Gasteiger partial charge in [0.15, 0.2) is 5.78 Å². The van der Waals surface area contributed by atoms with Gasteiger partial charge in [-0.1, -0.05) is 18.2 Å². The van der Waals surface area contributed by atoms with Crippen LogP contribution in [0.5, 0.6) is 11.5 Å². The van der Waals surface area contributed by atoms with Gasteiger partial charge in [0.1, 0.15) is 11.5 Å². The Morgan fingerprint density at radius 2 is 1.90 bits per heavy atom. The first-order valence-electron chi connectivity index (χ1n) is 9.80. The zero-order chi connectivity index (χ0) is 20.8. The Kier molecular flexibility index (Phi) is 6.90. The van der Waals surface area contributed by atoms with E-state index in [-0.39, 0.29) is 17.1 Å². The summed E-state index contributed by atoms with van der Waals surface area (Å²) in [5.74, 6) is 0.299. The van der Waals surface area contributed by atoms with Gasteiger partial charge in [0, 0.05) is 64.1 Å². The van der Waals surface area contributed by atoms with Crippen molar-refractivity contribution in [2.24, 2.45) is 0 Å². The van der Waals surface area contributed by atoms with Gasteiger partial charge in [0.25, 0.3) is 0 Å². The van der Waals surface area contributed by atoms with Crippen LogP contribution in [0, 0.1) is 0 Å². The summed E-state index contributed by atoms with van der Waals surface area (Å²) in [6.45, 7) is 4.45. The summed E-state index contributed by atoms with van der Waals surface area (Å²) in [4.78, 5) is 17.1. The number of aromatic hydroxyl groups is 1. The highest BCUT2D eigenvalue weighted by atomic mass is 16.5. The Hall–Kier alpha value is -2.83. The first-order valence-corrected chi connectivity index (χ1v) is 9.80. The second-order valence-electron chi connectivity index (χ2n) is 7.39. The average molecular weight is 396 g/mol. The molecular formula is C23H29N3O3. The molecule has 154 valence electrons. The van der Waals surface area contributed by atoms with Crippen molar-refractivity contribution in [2.75, 3.05) is 52.3 Å². The van der Waals surface area contributed by atoms with Crippen molar-refractivity contribution in [3.05, 3.63) is 59.2 Å². The highest BCUT2D eigenvalue weighted by Gasteiger charge is 2.17. The molecule has 1 fully saturated rings. The van der Waals surface area contributed by atoms with Gasteiger partial charge in [0.2, 0.25) is 0 Å². The van der Waals surface area contributed by atoms with Crippen LogP contribution in [-0.2, 0) is 6.54 Å². The topological polar surface area (TPSA) is 65.0 Å². The standard InChI is InChI=1S/C23H29N3O3/c1-25(2)19-7-4-17(5-8-19)6-9-21(27)20-14-18(23(29-3)15-22(20)28)16-26-12-10-24-11-13-26/h4-9,14-15,24,28H,10-13,16H2,1-3H3/b9-6+. The lowest BCUT2D eigenvalue weighted by atomic mass is 10.0. The van der Waals surface area contributed by atoms with Gasteiger partial charge in [-0.2, -0.15) is 0 Å². The number of ether oxygens (including phenoxy) is 1. The molecule has 29 heavy (non-hydrogen) atoms. The van der Waals surface area contributed by atoms with E-state index in [9.17, 15) is 9.90 Å². The molecule has 3 rings (SSSR count). The van der Waals surface area contributed by atoms with Crippen LogP contribution in [0.1, 0.15) is 21.5 Å². The van der Waals surface area contributed by atoms with Crippen LogP contribution in [0.3, 0.4) is 0 Å². The molecule has 1 heterocycles. The summed E-state index contributed by atoms with van der Waals surface area (Å²) >= 11 is 0. The average Bonchev–Trinajstić information content (AvgIpc) is 2.74. The second kappa shape index (κ2) is 9.58. The first kappa shape index (κ1) is 20.9. The molecule has 0 radical (unpaired) electrons. The van der Waals surface area contributed by atoms with Crippen LogP contribution in [0.15, 0.2) is 42.5 Å². The second-order valence-corrected chi connectivity index (χ2v) is 7.39. The number of allylic oxidation sites excluding steroid dienone is 1. The molecule has 6 heteroatoms. The number of carbonyl (C=O) groups excluding carboxylic acids is 1. The molecule has 1 aliphatic heterocycles. The number of nitrogens with zero attached hydrogens (tertiary/aromatic N) is 2. The normalized spacial score (nSPS) is 14.9. The smallest absolute Gasteiger partial charge is 0.189 e. The van der Waals surface area contributed by atoms with Crippen molar-refractivity contribution in [1.82, 2.24) is 10.2 Å². The number of phenols is 1. The number of phenolic OH excluding ortho intramolecular Hbond substituents is 1. The third-order valence-corrected chi connectivity index (χ3v) is 5.10. The fourth-order valence-electron chi connectivity index (χ4n) is 3.38. The SMILES string of the molecule is COc1cc(O)c(C(=O)/C=C/c2ccc(N(C)C)cc2)cc1CN1CCNCC1. The number of hydrogen-bond acceptors (Lipinski definition) is 6. The lowest BCUT2D eigenvalue weighted by molar-refractivity contribution is 0.104. The number of hydrogen-bond donors (Lipinski definition) is 2. The summed E-state index contributed by atoms with van der Waals surface area (Å²) in [5.41, 5.74) is 3.22. The van der Waals surface area contributed by atoms with E-state index >= 15 is 0 Å². The number of carbonyl (C=O) groups is 1. The lowest BCUT2D eigenvalue weighted by Crippen LogP contribution is -2.42. The van der Waals surface area contributed by atoms with E-state index < -0.39 is 0 Å². The number of rotatable bonds is 7. The van der Waals surface area contributed by atoms with E-state index in [1.165, 1.54) is 12.1 Å². The highest BCUT2D eigenvalue weighted by molar-refractivity contribution is 6.08. The Morgan fingerprint density at radius 1 is 1.21 bits per heavy atom. The predicted octanol–water partition coefficient (Wildman–Crippen LogP) is 2.77. The van der Waals surface area contributed by atoms with E-state index in [1.54, 1.807) is 19.3 Å². The van der Waals surface area contributed by atoms with Gasteiger partial charge < -0.3 is 20.1 Å². The maximum atomic E-state index is 12.7. The summed E-state index contributed by atoms with van der Waals surface area (Å²) in [6, 6.07) is 11.2. The minimum atomic E-state index is -0.233. The van der Waals surface area contributed by atoms with Crippen molar-refractivity contribution < 1.29 is 14.6 Å². The summed E-state index contributed by atoms with van der Waals surface area (Å²) in [7, 11) is 5.55.